The lowest BCUT2D eigenvalue weighted by Crippen LogP contribution is -2.38. The van der Waals surface area contributed by atoms with Crippen molar-refractivity contribution in [1.29, 1.82) is 0 Å². The number of ether oxygens (including phenoxy) is 1. The first-order chi connectivity index (χ1) is 20.6. The molecule has 4 aromatic rings. The fourth-order valence-electron chi connectivity index (χ4n) is 4.05. The zero-order chi connectivity index (χ0) is 32.3. The van der Waals surface area contributed by atoms with Gasteiger partial charge in [-0.3, -0.25) is 13.8 Å². The standard InChI is InChI=1S/C29H25ClF3N3O6S2/c1-19-8-15-27(42-2)25(16-19)35-43(38,39)22-12-10-21(11-13-22)34-28(37)18-36(44(40,41)23-6-4-3-5-7-23)26-17-20(29(31,32)33)9-14-24(26)30/h3-17,35H,18H2,1-2H3,(H,34,37). The van der Waals surface area contributed by atoms with Crippen LogP contribution in [-0.2, 0) is 31.0 Å². The Labute approximate surface area is 257 Å². The van der Waals surface area contributed by atoms with Crippen molar-refractivity contribution in [2.75, 3.05) is 28.0 Å². The van der Waals surface area contributed by atoms with Crippen molar-refractivity contribution in [3.05, 3.63) is 107 Å². The third-order valence-corrected chi connectivity index (χ3v) is 9.68. The third kappa shape index (κ3) is 7.44. The molecule has 44 heavy (non-hydrogen) atoms. The number of benzene rings is 4. The lowest BCUT2D eigenvalue weighted by atomic mass is 10.2. The van der Waals surface area contributed by atoms with Gasteiger partial charge in [0.1, 0.15) is 12.3 Å². The topological polar surface area (TPSA) is 122 Å². The molecule has 0 bridgehead atoms. The number of alkyl halides is 3. The van der Waals surface area contributed by atoms with Crippen molar-refractivity contribution in [3.8, 4) is 5.75 Å². The Morgan fingerprint density at radius 3 is 2.16 bits per heavy atom. The van der Waals surface area contributed by atoms with E-state index in [2.05, 4.69) is 10.0 Å². The van der Waals surface area contributed by atoms with Gasteiger partial charge in [0.2, 0.25) is 5.91 Å². The summed E-state index contributed by atoms with van der Waals surface area (Å²) in [5, 5.41) is 2.10. The van der Waals surface area contributed by atoms with E-state index in [1.807, 2.05) is 0 Å². The molecule has 232 valence electrons. The Morgan fingerprint density at radius 1 is 0.886 bits per heavy atom. The van der Waals surface area contributed by atoms with E-state index in [0.717, 1.165) is 11.6 Å². The first-order valence-electron chi connectivity index (χ1n) is 12.6. The molecule has 0 aliphatic rings. The van der Waals surface area contributed by atoms with Crippen molar-refractivity contribution in [3.63, 3.8) is 0 Å². The molecule has 4 rings (SSSR count). The molecule has 0 heterocycles. The second-order valence-corrected chi connectivity index (χ2v) is 13.3. The maximum atomic E-state index is 13.5. The lowest BCUT2D eigenvalue weighted by molar-refractivity contribution is -0.137. The molecule has 0 spiro atoms. The highest BCUT2D eigenvalue weighted by atomic mass is 35.5. The van der Waals surface area contributed by atoms with Gasteiger partial charge in [0.25, 0.3) is 20.0 Å². The monoisotopic (exact) mass is 667 g/mol. The van der Waals surface area contributed by atoms with Gasteiger partial charge in [-0.2, -0.15) is 13.2 Å². The number of methoxy groups -OCH3 is 1. The highest BCUT2D eigenvalue weighted by Gasteiger charge is 2.34. The summed E-state index contributed by atoms with van der Waals surface area (Å²) in [6.45, 7) is 0.828. The molecule has 2 N–H and O–H groups in total. The number of rotatable bonds is 10. The Hall–Kier alpha value is -4.27. The van der Waals surface area contributed by atoms with E-state index in [-0.39, 0.29) is 26.2 Å². The zero-order valence-electron chi connectivity index (χ0n) is 23.1. The molecule has 1 amide bonds. The van der Waals surface area contributed by atoms with Crippen LogP contribution in [0.3, 0.4) is 0 Å². The summed E-state index contributed by atoms with van der Waals surface area (Å²) in [5.41, 5.74) is -0.623. The van der Waals surface area contributed by atoms with Crippen molar-refractivity contribution in [2.45, 2.75) is 22.9 Å². The number of anilines is 3. The first kappa shape index (κ1) is 32.6. The van der Waals surface area contributed by atoms with Crippen molar-refractivity contribution in [1.82, 2.24) is 0 Å². The summed E-state index contributed by atoms with van der Waals surface area (Å²) < 4.78 is 102. The molecule has 9 nitrogen and oxygen atoms in total. The Kier molecular flexibility index (Phi) is 9.47. The second kappa shape index (κ2) is 12.8. The van der Waals surface area contributed by atoms with Gasteiger partial charge in [0.05, 0.1) is 38.9 Å². The summed E-state index contributed by atoms with van der Waals surface area (Å²) in [7, 11) is -7.24. The van der Waals surface area contributed by atoms with E-state index in [9.17, 15) is 34.8 Å². The average Bonchev–Trinajstić information content (AvgIpc) is 2.96. The zero-order valence-corrected chi connectivity index (χ0v) is 25.5. The van der Waals surface area contributed by atoms with Crippen LogP contribution in [0.1, 0.15) is 11.1 Å². The molecular formula is C29H25ClF3N3O6S2. The van der Waals surface area contributed by atoms with Gasteiger partial charge in [-0.05, 0) is 79.2 Å². The SMILES string of the molecule is COc1ccc(C)cc1NS(=O)(=O)c1ccc(NC(=O)CN(c2cc(C(F)(F)F)ccc2Cl)S(=O)(=O)c2ccccc2)cc1. The number of carbonyl (C=O) groups excluding carboxylic acids is 1. The lowest BCUT2D eigenvalue weighted by Gasteiger charge is -2.26. The molecule has 0 saturated heterocycles. The minimum Gasteiger partial charge on any atom is -0.495 e. The van der Waals surface area contributed by atoms with E-state index in [0.29, 0.717) is 22.2 Å². The van der Waals surface area contributed by atoms with Crippen LogP contribution in [-0.4, -0.2) is 36.4 Å². The van der Waals surface area contributed by atoms with Crippen LogP contribution in [0, 0.1) is 6.92 Å². The van der Waals surface area contributed by atoms with Crippen LogP contribution in [0.25, 0.3) is 0 Å². The second-order valence-electron chi connectivity index (χ2n) is 9.37. The molecule has 0 aliphatic carbocycles. The normalized spacial score (nSPS) is 12.0. The number of halogens is 4. The highest BCUT2D eigenvalue weighted by Crippen LogP contribution is 2.37. The molecule has 0 aromatic heterocycles. The van der Waals surface area contributed by atoms with Gasteiger partial charge in [-0.15, -0.1) is 0 Å². The van der Waals surface area contributed by atoms with E-state index >= 15 is 0 Å². The van der Waals surface area contributed by atoms with Crippen molar-refractivity contribution >= 4 is 54.6 Å². The van der Waals surface area contributed by atoms with E-state index in [4.69, 9.17) is 16.3 Å². The molecule has 0 atom stereocenters. The van der Waals surface area contributed by atoms with Crippen LogP contribution in [0.15, 0.2) is 101 Å². The van der Waals surface area contributed by atoms with E-state index in [1.165, 1.54) is 55.6 Å². The van der Waals surface area contributed by atoms with Gasteiger partial charge < -0.3 is 10.1 Å². The molecule has 0 aliphatic heterocycles. The minimum absolute atomic E-state index is 0.0919. The third-order valence-electron chi connectivity index (χ3n) is 6.21. The van der Waals surface area contributed by atoms with Gasteiger partial charge in [0.15, 0.2) is 0 Å². The number of nitrogens with one attached hydrogen (secondary N) is 2. The smallest absolute Gasteiger partial charge is 0.416 e. The van der Waals surface area contributed by atoms with E-state index in [1.54, 1.807) is 31.2 Å². The number of hydrogen-bond acceptors (Lipinski definition) is 6. The summed E-state index contributed by atoms with van der Waals surface area (Å²) in [6.07, 6.45) is -4.81. The number of amides is 1. The molecule has 4 aromatic carbocycles. The number of aryl methyl sites for hydroxylation is 1. The van der Waals surface area contributed by atoms with Crippen molar-refractivity contribution in [2.24, 2.45) is 0 Å². The summed E-state index contributed by atoms with van der Waals surface area (Å²) >= 11 is 6.15. The molecule has 15 heteroatoms. The predicted molar refractivity (Wildman–Crippen MR) is 161 cm³/mol. The molecule has 0 fully saturated rings. The predicted octanol–water partition coefficient (Wildman–Crippen LogP) is 6.31. The van der Waals surface area contributed by atoms with Gasteiger partial charge in [-0.25, -0.2) is 16.8 Å². The minimum atomic E-state index is -4.81. The average molecular weight is 668 g/mol. The van der Waals surface area contributed by atoms with Gasteiger partial charge in [0, 0.05) is 5.69 Å². The van der Waals surface area contributed by atoms with Crippen LogP contribution >= 0.6 is 11.6 Å². The summed E-state index contributed by atoms with van der Waals surface area (Å²) in [4.78, 5) is 12.6. The van der Waals surface area contributed by atoms with Crippen LogP contribution < -0.4 is 19.1 Å². The fraction of sp³-hybridized carbons (Fsp3) is 0.138. The quantitative estimate of drug-likeness (QED) is 0.204. The maximum absolute atomic E-state index is 13.5. The summed E-state index contributed by atoms with van der Waals surface area (Å²) in [6, 6.07) is 18.9. The molecule has 0 unspecified atom stereocenters. The first-order valence-corrected chi connectivity index (χ1v) is 15.9. The summed E-state index contributed by atoms with van der Waals surface area (Å²) in [5.74, 6) is -0.629. The van der Waals surface area contributed by atoms with Crippen molar-refractivity contribution < 1.29 is 39.5 Å². The van der Waals surface area contributed by atoms with Gasteiger partial charge in [-0.1, -0.05) is 35.9 Å². The Morgan fingerprint density at radius 2 is 1.55 bits per heavy atom. The number of carbonyl (C=O) groups is 1. The van der Waals surface area contributed by atoms with Crippen LogP contribution in [0.5, 0.6) is 5.75 Å². The molecule has 0 saturated carbocycles. The Bertz CT molecular complexity index is 1890. The van der Waals surface area contributed by atoms with E-state index < -0.39 is 49.9 Å². The fourth-order valence-corrected chi connectivity index (χ4v) is 6.84. The number of nitrogens with zero attached hydrogens (tertiary/aromatic N) is 1. The molecule has 0 radical (unpaired) electrons. The highest BCUT2D eigenvalue weighted by molar-refractivity contribution is 7.93. The molecular weight excluding hydrogens is 643 g/mol. The largest absolute Gasteiger partial charge is 0.495 e. The number of sulfonamides is 2. The number of hydrogen-bond donors (Lipinski definition) is 2. The van der Waals surface area contributed by atoms with Crippen LogP contribution in [0.2, 0.25) is 5.02 Å². The maximum Gasteiger partial charge on any atom is 0.416 e. The Balaban J connectivity index is 1.60. The van der Waals surface area contributed by atoms with Gasteiger partial charge >= 0.3 is 6.18 Å². The van der Waals surface area contributed by atoms with Crippen LogP contribution in [0.4, 0.5) is 30.2 Å².